The summed E-state index contributed by atoms with van der Waals surface area (Å²) in [5.74, 6) is 0. The van der Waals surface area contributed by atoms with Gasteiger partial charge < -0.3 is 10.1 Å². The molecule has 2 atom stereocenters. The SMILES string of the molecule is CCc1ccc(C(NC)C(C)OCCCC(F)(F)F)cc1. The summed E-state index contributed by atoms with van der Waals surface area (Å²) in [7, 11) is 1.83. The van der Waals surface area contributed by atoms with Gasteiger partial charge >= 0.3 is 6.18 Å². The van der Waals surface area contributed by atoms with Crippen LogP contribution in [0.3, 0.4) is 0 Å². The smallest absolute Gasteiger partial charge is 0.377 e. The monoisotopic (exact) mass is 303 g/mol. The van der Waals surface area contributed by atoms with Crippen molar-refractivity contribution in [3.8, 4) is 0 Å². The van der Waals surface area contributed by atoms with Crippen molar-refractivity contribution in [2.45, 2.75) is 51.4 Å². The summed E-state index contributed by atoms with van der Waals surface area (Å²) < 4.78 is 41.8. The van der Waals surface area contributed by atoms with Gasteiger partial charge in [0.15, 0.2) is 0 Å². The highest BCUT2D eigenvalue weighted by atomic mass is 19.4. The first-order chi connectivity index (χ1) is 9.87. The Kier molecular flexibility index (Phi) is 7.18. The molecule has 0 aliphatic carbocycles. The molecule has 21 heavy (non-hydrogen) atoms. The largest absolute Gasteiger partial charge is 0.389 e. The van der Waals surface area contributed by atoms with Gasteiger partial charge in [-0.1, -0.05) is 31.2 Å². The minimum absolute atomic E-state index is 0.000946. The summed E-state index contributed by atoms with van der Waals surface area (Å²) >= 11 is 0. The molecule has 2 unspecified atom stereocenters. The van der Waals surface area contributed by atoms with Crippen LogP contribution in [0, 0.1) is 0 Å². The van der Waals surface area contributed by atoms with Gasteiger partial charge in [0.05, 0.1) is 12.1 Å². The fraction of sp³-hybridized carbons (Fsp3) is 0.625. The molecule has 2 nitrogen and oxygen atoms in total. The van der Waals surface area contributed by atoms with E-state index in [4.69, 9.17) is 4.74 Å². The van der Waals surface area contributed by atoms with Crippen LogP contribution in [0.2, 0.25) is 0 Å². The van der Waals surface area contributed by atoms with Crippen molar-refractivity contribution in [2.75, 3.05) is 13.7 Å². The van der Waals surface area contributed by atoms with E-state index in [1.54, 1.807) is 0 Å². The fourth-order valence-corrected chi connectivity index (χ4v) is 2.27. The summed E-state index contributed by atoms with van der Waals surface area (Å²) in [6.45, 7) is 4.09. The molecule has 1 aromatic rings. The quantitative estimate of drug-likeness (QED) is 0.725. The van der Waals surface area contributed by atoms with E-state index < -0.39 is 12.6 Å². The summed E-state index contributed by atoms with van der Waals surface area (Å²) in [6, 6.07) is 8.18. The van der Waals surface area contributed by atoms with Crippen molar-refractivity contribution < 1.29 is 17.9 Å². The predicted molar refractivity (Wildman–Crippen MR) is 78.3 cm³/mol. The van der Waals surface area contributed by atoms with E-state index in [-0.39, 0.29) is 25.2 Å². The van der Waals surface area contributed by atoms with Crippen LogP contribution in [0.15, 0.2) is 24.3 Å². The van der Waals surface area contributed by atoms with E-state index in [1.165, 1.54) is 5.56 Å². The lowest BCUT2D eigenvalue weighted by Gasteiger charge is -2.24. The predicted octanol–water partition coefficient (Wildman–Crippen LogP) is 4.26. The number of rotatable bonds is 8. The van der Waals surface area contributed by atoms with Crippen LogP contribution in [0.1, 0.15) is 43.9 Å². The molecular weight excluding hydrogens is 279 g/mol. The number of benzene rings is 1. The summed E-state index contributed by atoms with van der Waals surface area (Å²) in [5, 5.41) is 3.17. The van der Waals surface area contributed by atoms with Crippen molar-refractivity contribution in [1.82, 2.24) is 5.32 Å². The van der Waals surface area contributed by atoms with E-state index in [2.05, 4.69) is 24.4 Å². The number of hydrogen-bond donors (Lipinski definition) is 1. The highest BCUT2D eigenvalue weighted by molar-refractivity contribution is 5.25. The third-order valence-corrected chi connectivity index (χ3v) is 3.51. The Morgan fingerprint density at radius 1 is 1.19 bits per heavy atom. The molecule has 1 aromatic carbocycles. The molecule has 1 rings (SSSR count). The molecule has 0 spiro atoms. The topological polar surface area (TPSA) is 21.3 Å². The van der Waals surface area contributed by atoms with Crippen LogP contribution in [0.4, 0.5) is 13.2 Å². The first kappa shape index (κ1) is 18.0. The highest BCUT2D eigenvalue weighted by Crippen LogP contribution is 2.23. The Labute approximate surface area is 124 Å². The molecule has 0 heterocycles. The number of likely N-dealkylation sites (N-methyl/N-ethyl adjacent to an activating group) is 1. The molecule has 0 aliphatic rings. The van der Waals surface area contributed by atoms with E-state index in [9.17, 15) is 13.2 Å². The van der Waals surface area contributed by atoms with Crippen LogP contribution in [-0.2, 0) is 11.2 Å². The Morgan fingerprint density at radius 2 is 1.81 bits per heavy atom. The maximum atomic E-state index is 12.1. The number of hydrogen-bond acceptors (Lipinski definition) is 2. The zero-order valence-electron chi connectivity index (χ0n) is 12.8. The molecule has 5 heteroatoms. The molecule has 1 N–H and O–H groups in total. The molecule has 0 aromatic heterocycles. The van der Waals surface area contributed by atoms with E-state index in [0.717, 1.165) is 12.0 Å². The van der Waals surface area contributed by atoms with Gasteiger partial charge in [0.2, 0.25) is 0 Å². The number of nitrogens with one attached hydrogen (secondary N) is 1. The lowest BCUT2D eigenvalue weighted by Crippen LogP contribution is -2.30. The molecule has 0 radical (unpaired) electrons. The van der Waals surface area contributed by atoms with Crippen LogP contribution in [0.5, 0.6) is 0 Å². The Morgan fingerprint density at radius 3 is 2.29 bits per heavy atom. The average molecular weight is 303 g/mol. The Bertz CT molecular complexity index is 403. The van der Waals surface area contributed by atoms with Crippen LogP contribution < -0.4 is 5.32 Å². The van der Waals surface area contributed by atoms with Gasteiger partial charge in [-0.25, -0.2) is 0 Å². The van der Waals surface area contributed by atoms with E-state index in [0.29, 0.717) is 0 Å². The fourth-order valence-electron chi connectivity index (χ4n) is 2.27. The molecule has 0 saturated carbocycles. The second-order valence-corrected chi connectivity index (χ2v) is 5.16. The zero-order chi connectivity index (χ0) is 15.9. The van der Waals surface area contributed by atoms with Gasteiger partial charge in [0.1, 0.15) is 0 Å². The number of aryl methyl sites for hydroxylation is 1. The summed E-state index contributed by atoms with van der Waals surface area (Å²) in [4.78, 5) is 0. The molecule has 0 aliphatic heterocycles. The van der Waals surface area contributed by atoms with Gasteiger partial charge in [0.25, 0.3) is 0 Å². The third kappa shape index (κ3) is 6.48. The normalized spacial score (nSPS) is 15.0. The lowest BCUT2D eigenvalue weighted by atomic mass is 10.0. The van der Waals surface area contributed by atoms with Gasteiger partial charge in [-0.2, -0.15) is 13.2 Å². The van der Waals surface area contributed by atoms with Crippen molar-refractivity contribution in [3.05, 3.63) is 35.4 Å². The van der Waals surface area contributed by atoms with Gasteiger partial charge in [-0.05, 0) is 37.9 Å². The first-order valence-corrected chi connectivity index (χ1v) is 7.31. The first-order valence-electron chi connectivity index (χ1n) is 7.31. The van der Waals surface area contributed by atoms with Gasteiger partial charge in [-0.15, -0.1) is 0 Å². The van der Waals surface area contributed by atoms with Crippen molar-refractivity contribution in [2.24, 2.45) is 0 Å². The van der Waals surface area contributed by atoms with Crippen LogP contribution in [0.25, 0.3) is 0 Å². The maximum absolute atomic E-state index is 12.1. The average Bonchev–Trinajstić information content (AvgIpc) is 2.44. The molecule has 0 bridgehead atoms. The van der Waals surface area contributed by atoms with Crippen molar-refractivity contribution in [1.29, 1.82) is 0 Å². The maximum Gasteiger partial charge on any atom is 0.389 e. The molecular formula is C16H24F3NO. The minimum Gasteiger partial charge on any atom is -0.377 e. The van der Waals surface area contributed by atoms with E-state index in [1.807, 2.05) is 26.1 Å². The van der Waals surface area contributed by atoms with Crippen LogP contribution >= 0.6 is 0 Å². The highest BCUT2D eigenvalue weighted by Gasteiger charge is 2.26. The van der Waals surface area contributed by atoms with E-state index >= 15 is 0 Å². The van der Waals surface area contributed by atoms with Crippen molar-refractivity contribution in [3.63, 3.8) is 0 Å². The lowest BCUT2D eigenvalue weighted by molar-refractivity contribution is -0.139. The summed E-state index contributed by atoms with van der Waals surface area (Å²) in [6.07, 6.45) is -4.11. The number of ether oxygens (including phenoxy) is 1. The zero-order valence-corrected chi connectivity index (χ0v) is 12.8. The second-order valence-electron chi connectivity index (χ2n) is 5.16. The molecule has 120 valence electrons. The summed E-state index contributed by atoms with van der Waals surface area (Å²) in [5.41, 5.74) is 2.34. The Balaban J connectivity index is 2.50. The standard InChI is InChI=1S/C16H24F3NO/c1-4-13-6-8-14(9-7-13)15(20-3)12(2)21-11-5-10-16(17,18)19/h6-9,12,15,20H,4-5,10-11H2,1-3H3. The Hall–Kier alpha value is -1.07. The van der Waals surface area contributed by atoms with Gasteiger partial charge in [0, 0.05) is 13.0 Å². The van der Waals surface area contributed by atoms with Crippen LogP contribution in [-0.4, -0.2) is 25.9 Å². The molecule has 0 amide bonds. The number of alkyl halides is 3. The minimum atomic E-state index is -4.11. The second kappa shape index (κ2) is 8.39. The van der Waals surface area contributed by atoms with Gasteiger partial charge in [-0.3, -0.25) is 0 Å². The molecule has 0 fully saturated rings. The molecule has 0 saturated heterocycles. The van der Waals surface area contributed by atoms with Crippen molar-refractivity contribution >= 4 is 0 Å². The third-order valence-electron chi connectivity index (χ3n) is 3.51. The number of halogens is 3.